The molecule has 12 nitrogen and oxygen atoms in total. The van der Waals surface area contributed by atoms with Crippen LogP contribution < -0.4 is 11.1 Å². The van der Waals surface area contributed by atoms with Crippen molar-refractivity contribution in [2.75, 3.05) is 24.6 Å². The summed E-state index contributed by atoms with van der Waals surface area (Å²) >= 11 is 2.25. The molecule has 3 fully saturated rings. The van der Waals surface area contributed by atoms with Gasteiger partial charge >= 0.3 is 12.1 Å². The summed E-state index contributed by atoms with van der Waals surface area (Å²) < 4.78 is 38.7. The number of amides is 3. The first kappa shape index (κ1) is 29.9. The molecule has 0 radical (unpaired) electrons. The molecule has 5 rings (SSSR count). The topological polar surface area (TPSA) is 168 Å². The molecule has 1 saturated carbocycles. The van der Waals surface area contributed by atoms with Gasteiger partial charge in [-0.2, -0.15) is 13.2 Å². The van der Waals surface area contributed by atoms with Gasteiger partial charge in [0.05, 0.1) is 0 Å². The number of nitrogen functional groups attached to an aromatic ring is 1. The van der Waals surface area contributed by atoms with E-state index in [1.54, 1.807) is 0 Å². The van der Waals surface area contributed by atoms with Crippen molar-refractivity contribution in [1.29, 1.82) is 0 Å². The quantitative estimate of drug-likeness (QED) is 0.169. The van der Waals surface area contributed by atoms with E-state index in [0.717, 1.165) is 53.7 Å². The number of oxime groups is 1. The lowest BCUT2D eigenvalue weighted by Gasteiger charge is -2.49. The highest BCUT2D eigenvalue weighted by Crippen LogP contribution is 2.41. The molecule has 1 aromatic heterocycles. The van der Waals surface area contributed by atoms with Crippen molar-refractivity contribution in [3.8, 4) is 0 Å². The first-order valence-corrected chi connectivity index (χ1v) is 15.1. The second kappa shape index (κ2) is 11.9. The molecule has 17 heteroatoms. The first-order chi connectivity index (χ1) is 19.9. The zero-order chi connectivity index (χ0) is 30.2. The number of nitrogens with one attached hydrogen (secondary N) is 1. The molecule has 0 unspecified atom stereocenters. The number of allylic oxidation sites excluding steroid dienone is 1. The van der Waals surface area contributed by atoms with E-state index in [1.165, 1.54) is 11.5 Å². The number of rotatable bonds is 8. The summed E-state index contributed by atoms with van der Waals surface area (Å²) in [5.41, 5.74) is 5.52. The van der Waals surface area contributed by atoms with Crippen LogP contribution in [0.5, 0.6) is 0 Å². The van der Waals surface area contributed by atoms with Gasteiger partial charge in [-0.1, -0.05) is 5.16 Å². The normalized spacial score (nSPS) is 24.6. The van der Waals surface area contributed by atoms with Crippen LogP contribution in [0.1, 0.15) is 44.2 Å². The molecule has 1 aliphatic carbocycles. The molecular formula is C25H27F3N6O6S2. The fourth-order valence-corrected chi connectivity index (χ4v) is 7.12. The van der Waals surface area contributed by atoms with Gasteiger partial charge in [0.25, 0.3) is 11.8 Å². The summed E-state index contributed by atoms with van der Waals surface area (Å²) in [6.07, 6.45) is 0.567. The summed E-state index contributed by atoms with van der Waals surface area (Å²) in [5.74, 6) is -3.66. The zero-order valence-corrected chi connectivity index (χ0v) is 23.7. The smallest absolute Gasteiger partial charge is 0.406 e. The number of thioether (sulfide) groups is 1. The van der Waals surface area contributed by atoms with E-state index in [4.69, 9.17) is 10.6 Å². The molecule has 4 N–H and O–H groups in total. The van der Waals surface area contributed by atoms with Crippen LogP contribution in [0, 0.1) is 0 Å². The minimum absolute atomic E-state index is 0.0433. The number of carboxylic acid groups (broad SMARTS) is 1. The lowest BCUT2D eigenvalue weighted by molar-refractivity contribution is -0.160. The number of hydrogen-bond donors (Lipinski definition) is 3. The Balaban J connectivity index is 1.34. The van der Waals surface area contributed by atoms with Gasteiger partial charge in [-0.25, -0.2) is 9.78 Å². The number of likely N-dealkylation sites (tertiary alicyclic amines) is 1. The fourth-order valence-electron chi connectivity index (χ4n) is 5.27. The third-order valence-corrected chi connectivity index (χ3v) is 9.19. The van der Waals surface area contributed by atoms with E-state index < -0.39 is 47.8 Å². The Morgan fingerprint density at radius 1 is 1.26 bits per heavy atom. The molecule has 0 aromatic carbocycles. The van der Waals surface area contributed by atoms with Gasteiger partial charge in [0.2, 0.25) is 5.91 Å². The van der Waals surface area contributed by atoms with Crippen LogP contribution in [0.4, 0.5) is 18.3 Å². The van der Waals surface area contributed by atoms with Gasteiger partial charge < -0.3 is 25.9 Å². The Morgan fingerprint density at radius 3 is 2.64 bits per heavy atom. The Bertz CT molecular complexity index is 1390. The van der Waals surface area contributed by atoms with Gasteiger partial charge in [-0.05, 0) is 50.2 Å². The maximum Gasteiger partial charge on any atom is 0.406 e. The number of halogens is 3. The molecule has 0 bridgehead atoms. The third kappa shape index (κ3) is 6.25. The van der Waals surface area contributed by atoms with Crippen molar-refractivity contribution < 1.29 is 42.3 Å². The number of anilines is 1. The number of hydrogen-bond acceptors (Lipinski definition) is 10. The zero-order valence-electron chi connectivity index (χ0n) is 22.1. The number of carbonyl (C=O) groups excluding carboxylic acids is 3. The Labute approximate surface area is 245 Å². The molecule has 2 atom stereocenters. The second-order valence-electron chi connectivity index (χ2n) is 10.2. The van der Waals surface area contributed by atoms with E-state index in [-0.39, 0.29) is 64.6 Å². The number of aliphatic carboxylic acids is 1. The average molecular weight is 629 g/mol. The Morgan fingerprint density at radius 2 is 2.00 bits per heavy atom. The fraction of sp³-hybridized carbons (Fsp3) is 0.520. The molecule has 4 heterocycles. The standard InChI is InChI=1S/C25H27F3N6O6S2/c26-25(27,28)11-33-7-3-4-12(20(33)36)8-13-9-41-22-17(21(37)34(22)18(13)23(38)39)31-19(35)16(15-10-42-24(29)30-15)32-40-14-5-1-2-6-14/h8,10,14,17,22H,1-7,9,11H2,(H2,29,30)(H,31,35)(H,38,39)/b12-8?,32-16-/t17-,22-/m1/s1. The summed E-state index contributed by atoms with van der Waals surface area (Å²) in [7, 11) is 0. The van der Waals surface area contributed by atoms with Crippen LogP contribution in [-0.4, -0.2) is 91.8 Å². The van der Waals surface area contributed by atoms with Crippen LogP contribution in [-0.2, 0) is 24.0 Å². The van der Waals surface area contributed by atoms with Gasteiger partial charge in [-0.15, -0.1) is 23.1 Å². The number of carboxylic acids is 1. The van der Waals surface area contributed by atoms with Gasteiger partial charge in [0.15, 0.2) is 10.8 Å². The van der Waals surface area contributed by atoms with Crippen LogP contribution in [0.2, 0.25) is 0 Å². The monoisotopic (exact) mass is 628 g/mol. The minimum Gasteiger partial charge on any atom is -0.477 e. The maximum absolute atomic E-state index is 13.3. The van der Waals surface area contributed by atoms with Gasteiger partial charge in [0, 0.05) is 23.3 Å². The number of alkyl halides is 3. The number of piperidine rings is 1. The Hall–Kier alpha value is -3.60. The molecule has 4 aliphatic rings. The highest BCUT2D eigenvalue weighted by molar-refractivity contribution is 8.00. The molecule has 2 saturated heterocycles. The molecule has 3 amide bonds. The molecular weight excluding hydrogens is 601 g/mol. The lowest BCUT2D eigenvalue weighted by Crippen LogP contribution is -2.71. The predicted octanol–water partition coefficient (Wildman–Crippen LogP) is 2.24. The van der Waals surface area contributed by atoms with E-state index >= 15 is 0 Å². The van der Waals surface area contributed by atoms with Crippen LogP contribution in [0.25, 0.3) is 0 Å². The van der Waals surface area contributed by atoms with E-state index in [9.17, 15) is 37.5 Å². The van der Waals surface area contributed by atoms with Crippen molar-refractivity contribution >= 4 is 57.6 Å². The van der Waals surface area contributed by atoms with Crippen molar-refractivity contribution in [3.05, 3.63) is 34.0 Å². The number of nitrogens with zero attached hydrogens (tertiary/aromatic N) is 4. The second-order valence-corrected chi connectivity index (χ2v) is 12.2. The third-order valence-electron chi connectivity index (χ3n) is 7.22. The highest BCUT2D eigenvalue weighted by atomic mass is 32.2. The first-order valence-electron chi connectivity index (χ1n) is 13.2. The van der Waals surface area contributed by atoms with Crippen molar-refractivity contribution in [1.82, 2.24) is 20.1 Å². The molecule has 1 aromatic rings. The van der Waals surface area contributed by atoms with Crippen molar-refractivity contribution in [2.45, 2.75) is 62.2 Å². The predicted molar refractivity (Wildman–Crippen MR) is 146 cm³/mol. The Kier molecular flexibility index (Phi) is 8.50. The summed E-state index contributed by atoms with van der Waals surface area (Å²) in [5, 5.41) is 17.6. The highest BCUT2D eigenvalue weighted by Gasteiger charge is 2.54. The molecule has 3 aliphatic heterocycles. The summed E-state index contributed by atoms with van der Waals surface area (Å²) in [6.45, 7) is -1.46. The van der Waals surface area contributed by atoms with Gasteiger partial charge in [0.1, 0.15) is 35.5 Å². The molecule has 0 spiro atoms. The largest absolute Gasteiger partial charge is 0.477 e. The van der Waals surface area contributed by atoms with Crippen LogP contribution >= 0.6 is 23.1 Å². The van der Waals surface area contributed by atoms with E-state index in [2.05, 4.69) is 15.5 Å². The number of carbonyl (C=O) groups is 4. The molecule has 42 heavy (non-hydrogen) atoms. The van der Waals surface area contributed by atoms with Crippen molar-refractivity contribution in [3.63, 3.8) is 0 Å². The van der Waals surface area contributed by atoms with E-state index in [0.29, 0.717) is 4.90 Å². The number of nitrogens with two attached hydrogens (primary N) is 1. The maximum atomic E-state index is 13.3. The lowest BCUT2D eigenvalue weighted by atomic mass is 9.98. The minimum atomic E-state index is -4.57. The number of thiazole rings is 1. The van der Waals surface area contributed by atoms with Crippen LogP contribution in [0.3, 0.4) is 0 Å². The SMILES string of the molecule is Nc1nc(/C(=N/OC2CCCC2)C(=O)N[C@@H]2C(=O)N3C(C(=O)O)=C(C=C4CCCN(CC(F)(F)F)C4=O)CS[C@H]23)cs1. The van der Waals surface area contributed by atoms with Crippen LogP contribution in [0.15, 0.2) is 33.5 Å². The molecule has 226 valence electrons. The number of aromatic nitrogens is 1. The number of fused-ring (bicyclic) bond motifs is 1. The number of β-lactam (4-membered cyclic amide) rings is 1. The summed E-state index contributed by atoms with van der Waals surface area (Å²) in [4.78, 5) is 62.7. The van der Waals surface area contributed by atoms with E-state index in [1.807, 2.05) is 0 Å². The van der Waals surface area contributed by atoms with Gasteiger partial charge in [-0.3, -0.25) is 19.3 Å². The summed E-state index contributed by atoms with van der Waals surface area (Å²) in [6, 6.07) is -1.09. The average Bonchev–Trinajstić information content (AvgIpc) is 3.60. The van der Waals surface area contributed by atoms with Crippen molar-refractivity contribution in [2.24, 2.45) is 5.16 Å².